The fraction of sp³-hybridized carbons (Fsp3) is 0.200. The van der Waals surface area contributed by atoms with Gasteiger partial charge in [0.2, 0.25) is 0 Å². The van der Waals surface area contributed by atoms with Crippen molar-refractivity contribution < 1.29 is 19.0 Å². The third kappa shape index (κ3) is 4.86. The number of carbonyl (C=O) groups excluding carboxylic acids is 1. The molecule has 1 heterocycles. The average Bonchev–Trinajstić information content (AvgIpc) is 3.20. The van der Waals surface area contributed by atoms with Gasteiger partial charge in [0.25, 0.3) is 0 Å². The van der Waals surface area contributed by atoms with Gasteiger partial charge in [-0.05, 0) is 30.3 Å². The normalized spacial score (nSPS) is 11.6. The largest absolute Gasteiger partial charge is 0.497 e. The number of carbonyl (C=O) groups is 1. The van der Waals surface area contributed by atoms with Crippen molar-refractivity contribution >= 4 is 5.97 Å². The van der Waals surface area contributed by atoms with Crippen LogP contribution in [-0.2, 0) is 11.3 Å². The molecule has 3 rings (SSSR count). The lowest BCUT2D eigenvalue weighted by atomic mass is 10.2. The Hall–Kier alpha value is -3.28. The van der Waals surface area contributed by atoms with Gasteiger partial charge in [-0.3, -0.25) is 0 Å². The molecule has 2 aromatic carbocycles. The summed E-state index contributed by atoms with van der Waals surface area (Å²) in [5, 5.41) is 0. The Morgan fingerprint density at radius 2 is 1.92 bits per heavy atom. The monoisotopic (exact) mass is 352 g/mol. The molecule has 6 heteroatoms. The third-order valence-electron chi connectivity index (χ3n) is 3.73. The SMILES string of the molecule is COc1cccc(C(=O)O[C@@H](COc2ccccc2)Cn2ccnc2)c1. The third-order valence-corrected chi connectivity index (χ3v) is 3.73. The molecule has 0 saturated carbocycles. The topological polar surface area (TPSA) is 62.6 Å². The number of esters is 1. The lowest BCUT2D eigenvalue weighted by Gasteiger charge is -2.19. The first-order chi connectivity index (χ1) is 12.7. The van der Waals surface area contributed by atoms with E-state index in [-0.39, 0.29) is 6.61 Å². The van der Waals surface area contributed by atoms with E-state index >= 15 is 0 Å². The molecule has 26 heavy (non-hydrogen) atoms. The van der Waals surface area contributed by atoms with Gasteiger partial charge >= 0.3 is 5.97 Å². The Morgan fingerprint density at radius 1 is 1.12 bits per heavy atom. The van der Waals surface area contributed by atoms with Crippen molar-refractivity contribution in [2.24, 2.45) is 0 Å². The predicted octanol–water partition coefficient (Wildman–Crippen LogP) is 3.20. The molecular weight excluding hydrogens is 332 g/mol. The van der Waals surface area contributed by atoms with Crippen LogP contribution in [0.4, 0.5) is 0 Å². The number of methoxy groups -OCH3 is 1. The molecule has 0 aliphatic heterocycles. The molecule has 1 aromatic heterocycles. The Labute approximate surface area is 152 Å². The Kier molecular flexibility index (Phi) is 5.88. The van der Waals surface area contributed by atoms with E-state index in [4.69, 9.17) is 14.2 Å². The standard InChI is InChI=1S/C20H20N2O4/c1-24-18-9-5-6-16(12-18)20(23)26-19(13-22-11-10-21-15-22)14-25-17-7-3-2-4-8-17/h2-12,15,19H,13-14H2,1H3/t19-/m1/s1. The number of hydrogen-bond acceptors (Lipinski definition) is 5. The number of nitrogens with zero attached hydrogens (tertiary/aromatic N) is 2. The molecule has 0 unspecified atom stereocenters. The molecule has 134 valence electrons. The average molecular weight is 352 g/mol. The van der Waals surface area contributed by atoms with Crippen LogP contribution in [0.1, 0.15) is 10.4 Å². The van der Waals surface area contributed by atoms with Gasteiger partial charge in [-0.1, -0.05) is 24.3 Å². The highest BCUT2D eigenvalue weighted by atomic mass is 16.6. The van der Waals surface area contributed by atoms with Gasteiger partial charge in [-0.2, -0.15) is 0 Å². The van der Waals surface area contributed by atoms with Crippen molar-refractivity contribution in [2.75, 3.05) is 13.7 Å². The second kappa shape index (κ2) is 8.71. The van der Waals surface area contributed by atoms with Crippen LogP contribution in [-0.4, -0.2) is 35.3 Å². The fourth-order valence-electron chi connectivity index (χ4n) is 2.43. The summed E-state index contributed by atoms with van der Waals surface area (Å²) in [5.41, 5.74) is 0.430. The Bertz CT molecular complexity index is 819. The number of hydrogen-bond donors (Lipinski definition) is 0. The quantitative estimate of drug-likeness (QED) is 0.583. The number of benzene rings is 2. The second-order valence-electron chi connectivity index (χ2n) is 5.64. The van der Waals surface area contributed by atoms with Crippen LogP contribution in [0.3, 0.4) is 0 Å². The van der Waals surface area contributed by atoms with Gasteiger partial charge in [0, 0.05) is 12.4 Å². The van der Waals surface area contributed by atoms with Crippen LogP contribution in [0, 0.1) is 0 Å². The lowest BCUT2D eigenvalue weighted by Crippen LogP contribution is -2.29. The lowest BCUT2D eigenvalue weighted by molar-refractivity contribution is 0.0124. The van der Waals surface area contributed by atoms with Crippen molar-refractivity contribution in [2.45, 2.75) is 12.6 Å². The Balaban J connectivity index is 1.68. The van der Waals surface area contributed by atoms with Gasteiger partial charge in [0.05, 0.1) is 25.5 Å². The van der Waals surface area contributed by atoms with Gasteiger partial charge in [-0.25, -0.2) is 9.78 Å². The van der Waals surface area contributed by atoms with E-state index in [1.165, 1.54) is 0 Å². The van der Waals surface area contributed by atoms with Crippen molar-refractivity contribution in [3.63, 3.8) is 0 Å². The van der Waals surface area contributed by atoms with Crippen molar-refractivity contribution in [3.8, 4) is 11.5 Å². The van der Waals surface area contributed by atoms with E-state index < -0.39 is 12.1 Å². The van der Waals surface area contributed by atoms with Crippen molar-refractivity contribution in [1.29, 1.82) is 0 Å². The summed E-state index contributed by atoms with van der Waals surface area (Å²) in [5.74, 6) is 0.900. The van der Waals surface area contributed by atoms with Gasteiger partial charge in [0.15, 0.2) is 6.10 Å². The second-order valence-corrected chi connectivity index (χ2v) is 5.64. The first kappa shape index (κ1) is 17.5. The first-order valence-corrected chi connectivity index (χ1v) is 8.23. The van der Waals surface area contributed by atoms with Crippen molar-refractivity contribution in [3.05, 3.63) is 78.9 Å². The minimum Gasteiger partial charge on any atom is -0.497 e. The molecule has 0 amide bonds. The number of rotatable bonds is 8. The van der Waals surface area contributed by atoms with Crippen LogP contribution >= 0.6 is 0 Å². The minimum absolute atomic E-state index is 0.234. The van der Waals surface area contributed by atoms with Crippen molar-refractivity contribution in [1.82, 2.24) is 9.55 Å². The molecule has 0 spiro atoms. The van der Waals surface area contributed by atoms with Crippen LogP contribution in [0.15, 0.2) is 73.3 Å². The number of aromatic nitrogens is 2. The smallest absolute Gasteiger partial charge is 0.338 e. The van der Waals surface area contributed by atoms with E-state index in [0.717, 1.165) is 5.75 Å². The van der Waals surface area contributed by atoms with Gasteiger partial charge in [-0.15, -0.1) is 0 Å². The van der Waals surface area contributed by atoms with Gasteiger partial charge < -0.3 is 18.8 Å². The first-order valence-electron chi connectivity index (χ1n) is 8.23. The van der Waals surface area contributed by atoms with Crippen LogP contribution < -0.4 is 9.47 Å². The van der Waals surface area contributed by atoms with Crippen LogP contribution in [0.2, 0.25) is 0 Å². The predicted molar refractivity (Wildman–Crippen MR) is 96.4 cm³/mol. The summed E-state index contributed by atoms with van der Waals surface area (Å²) in [6.07, 6.45) is 4.70. The van der Waals surface area contributed by atoms with Crippen LogP contribution in [0.5, 0.6) is 11.5 Å². The molecule has 0 aliphatic carbocycles. The molecule has 0 fully saturated rings. The maximum Gasteiger partial charge on any atom is 0.338 e. The Morgan fingerprint density at radius 3 is 2.65 bits per heavy atom. The summed E-state index contributed by atoms with van der Waals surface area (Å²) in [4.78, 5) is 16.5. The van der Waals surface area contributed by atoms with E-state index in [1.807, 2.05) is 41.1 Å². The van der Waals surface area contributed by atoms with E-state index in [2.05, 4.69) is 4.98 Å². The molecule has 0 bridgehead atoms. The highest BCUT2D eigenvalue weighted by Crippen LogP contribution is 2.15. The molecule has 6 nitrogen and oxygen atoms in total. The summed E-state index contributed by atoms with van der Waals surface area (Å²) >= 11 is 0. The summed E-state index contributed by atoms with van der Waals surface area (Å²) in [6.45, 7) is 0.681. The minimum atomic E-state index is -0.469. The zero-order chi connectivity index (χ0) is 18.2. The van der Waals surface area contributed by atoms with E-state index in [9.17, 15) is 4.79 Å². The maximum absolute atomic E-state index is 12.5. The molecule has 0 aliphatic rings. The molecule has 0 saturated heterocycles. The number of para-hydroxylation sites is 1. The van der Waals surface area contributed by atoms with Gasteiger partial charge in [0.1, 0.15) is 18.1 Å². The molecular formula is C20H20N2O4. The molecule has 3 aromatic rings. The number of imidazole rings is 1. The maximum atomic E-state index is 12.5. The van der Waals surface area contributed by atoms with E-state index in [1.54, 1.807) is 43.9 Å². The van der Waals surface area contributed by atoms with E-state index in [0.29, 0.717) is 17.9 Å². The zero-order valence-corrected chi connectivity index (χ0v) is 14.4. The highest BCUT2D eigenvalue weighted by Gasteiger charge is 2.18. The number of ether oxygens (including phenoxy) is 3. The summed E-state index contributed by atoms with van der Waals surface area (Å²) in [6, 6.07) is 16.3. The van der Waals surface area contributed by atoms with Crippen LogP contribution in [0.25, 0.3) is 0 Å². The summed E-state index contributed by atoms with van der Waals surface area (Å²) < 4.78 is 18.4. The molecule has 0 radical (unpaired) electrons. The zero-order valence-electron chi connectivity index (χ0n) is 14.4. The highest BCUT2D eigenvalue weighted by molar-refractivity contribution is 5.90. The summed E-state index contributed by atoms with van der Waals surface area (Å²) in [7, 11) is 1.56. The fourth-order valence-corrected chi connectivity index (χ4v) is 2.43. The molecule has 0 N–H and O–H groups in total. The molecule has 1 atom stereocenters.